The number of alkyl halides is 1. The van der Waals surface area contributed by atoms with Gasteiger partial charge in [-0.2, -0.15) is 0 Å². The highest BCUT2D eigenvalue weighted by Crippen LogP contribution is 2.31. The minimum atomic E-state index is -2.20. The van der Waals surface area contributed by atoms with Gasteiger partial charge in [-0.05, 0) is 18.1 Å². The molecule has 1 heterocycles. The molecule has 4 atom stereocenters. The number of nitrogens with zero attached hydrogens (tertiary/aromatic N) is 1. The van der Waals surface area contributed by atoms with Gasteiger partial charge < -0.3 is 14.6 Å². The normalized spacial score (nSPS) is 17.1. The summed E-state index contributed by atoms with van der Waals surface area (Å²) in [7, 11) is -2.20. The van der Waals surface area contributed by atoms with Crippen LogP contribution in [0.25, 0.3) is 0 Å². The predicted octanol–water partition coefficient (Wildman–Crippen LogP) is 1.38. The molecule has 3 N–H and O–H groups in total. The summed E-state index contributed by atoms with van der Waals surface area (Å²) in [6.07, 6.45) is -2.96. The van der Waals surface area contributed by atoms with E-state index < -0.39 is 50.6 Å². The zero-order chi connectivity index (χ0) is 19.2. The number of rotatable bonds is 10. The molecule has 0 saturated heterocycles. The SMILES string of the molecule is CC[Si](CC)(CC)O[C@@H]([C@H](C)[C@@H](O)n1ccc(=O)[nH]c1=O)[C@@H](F)CO. The zero-order valence-corrected chi connectivity index (χ0v) is 16.2. The summed E-state index contributed by atoms with van der Waals surface area (Å²) in [5.74, 6) is -0.803. The fourth-order valence-electron chi connectivity index (χ4n) is 2.96. The highest BCUT2D eigenvalue weighted by atomic mass is 28.4. The molecule has 1 aromatic heterocycles. The van der Waals surface area contributed by atoms with E-state index >= 15 is 0 Å². The second kappa shape index (κ2) is 9.42. The van der Waals surface area contributed by atoms with Crippen LogP contribution in [0.1, 0.15) is 33.9 Å². The summed E-state index contributed by atoms with van der Waals surface area (Å²) in [6.45, 7) is 6.82. The molecule has 0 spiro atoms. The molecule has 0 radical (unpaired) electrons. The molecule has 0 aliphatic rings. The third kappa shape index (κ3) is 5.10. The topological polar surface area (TPSA) is 105 Å². The van der Waals surface area contributed by atoms with Crippen molar-refractivity contribution in [2.75, 3.05) is 6.61 Å². The van der Waals surface area contributed by atoms with Crippen LogP contribution in [0.3, 0.4) is 0 Å². The summed E-state index contributed by atoms with van der Waals surface area (Å²) in [5, 5.41) is 19.8. The van der Waals surface area contributed by atoms with Gasteiger partial charge in [0.15, 0.2) is 8.32 Å². The maximum atomic E-state index is 14.4. The number of aliphatic hydroxyl groups is 2. The number of aliphatic hydroxyl groups excluding tert-OH is 2. The molecule has 0 fully saturated rings. The molecular formula is C16H29FN2O5Si. The Morgan fingerprint density at radius 2 is 1.84 bits per heavy atom. The van der Waals surface area contributed by atoms with E-state index in [1.807, 2.05) is 20.8 Å². The van der Waals surface area contributed by atoms with Gasteiger partial charge in [0.1, 0.15) is 12.4 Å². The molecule has 25 heavy (non-hydrogen) atoms. The number of hydrogen-bond donors (Lipinski definition) is 3. The van der Waals surface area contributed by atoms with Crippen molar-refractivity contribution in [2.24, 2.45) is 5.92 Å². The van der Waals surface area contributed by atoms with Crippen molar-refractivity contribution in [1.29, 1.82) is 0 Å². The molecule has 0 amide bonds. The molecular weight excluding hydrogens is 347 g/mol. The number of nitrogens with one attached hydrogen (secondary N) is 1. The first kappa shape index (κ1) is 21.7. The molecule has 1 aromatic rings. The summed E-state index contributed by atoms with van der Waals surface area (Å²) >= 11 is 0. The summed E-state index contributed by atoms with van der Waals surface area (Å²) in [4.78, 5) is 25.1. The van der Waals surface area contributed by atoms with Crippen LogP contribution >= 0.6 is 0 Å². The van der Waals surface area contributed by atoms with Crippen molar-refractivity contribution in [3.8, 4) is 0 Å². The molecule has 0 bridgehead atoms. The van der Waals surface area contributed by atoms with Gasteiger partial charge in [0.2, 0.25) is 0 Å². The second-order valence-electron chi connectivity index (χ2n) is 6.31. The number of aromatic amines is 1. The van der Waals surface area contributed by atoms with Gasteiger partial charge in [0.25, 0.3) is 5.56 Å². The third-order valence-electron chi connectivity index (χ3n) is 4.97. The van der Waals surface area contributed by atoms with Crippen molar-refractivity contribution >= 4 is 8.32 Å². The summed E-state index contributed by atoms with van der Waals surface area (Å²) in [5.41, 5.74) is -1.36. The van der Waals surface area contributed by atoms with Gasteiger partial charge in [-0.3, -0.25) is 14.3 Å². The van der Waals surface area contributed by atoms with Crippen LogP contribution in [-0.4, -0.2) is 47.0 Å². The highest BCUT2D eigenvalue weighted by Gasteiger charge is 2.40. The second-order valence-corrected chi connectivity index (χ2v) is 11.0. The maximum absolute atomic E-state index is 14.4. The van der Waals surface area contributed by atoms with Crippen molar-refractivity contribution in [2.45, 2.75) is 64.3 Å². The number of halogens is 1. The monoisotopic (exact) mass is 376 g/mol. The predicted molar refractivity (Wildman–Crippen MR) is 95.8 cm³/mol. The molecule has 0 saturated carbocycles. The number of H-pyrrole nitrogens is 1. The first-order valence-electron chi connectivity index (χ1n) is 8.67. The minimum absolute atomic E-state index is 0.581. The van der Waals surface area contributed by atoms with E-state index in [0.29, 0.717) is 0 Å². The quantitative estimate of drug-likeness (QED) is 0.535. The Labute approximate surface area is 147 Å². The van der Waals surface area contributed by atoms with E-state index in [0.717, 1.165) is 35.0 Å². The maximum Gasteiger partial charge on any atom is 0.330 e. The summed E-state index contributed by atoms with van der Waals surface area (Å²) in [6, 6.07) is 3.47. The van der Waals surface area contributed by atoms with Crippen LogP contribution < -0.4 is 11.2 Å². The average Bonchev–Trinajstić information content (AvgIpc) is 2.62. The highest BCUT2D eigenvalue weighted by molar-refractivity contribution is 6.73. The fraction of sp³-hybridized carbons (Fsp3) is 0.750. The first-order chi connectivity index (χ1) is 11.7. The molecule has 144 valence electrons. The first-order valence-corrected chi connectivity index (χ1v) is 11.2. The van der Waals surface area contributed by atoms with Crippen LogP contribution in [0.2, 0.25) is 18.1 Å². The molecule has 9 heteroatoms. The largest absolute Gasteiger partial charge is 0.410 e. The standard InChI is InChI=1S/C16H29FN2O5Si/c1-5-25(6-2,7-3)24-14(12(17)10-20)11(4)15(22)19-9-8-13(21)18-16(19)23/h8-9,11-12,14-15,20,22H,5-7,10H2,1-4H3,(H,18,21,23)/t11-,12-,14-,15+/m0/s1. The lowest BCUT2D eigenvalue weighted by Gasteiger charge is -2.38. The molecule has 0 aromatic carbocycles. The number of hydrogen-bond acceptors (Lipinski definition) is 5. The van der Waals surface area contributed by atoms with Crippen LogP contribution in [0.4, 0.5) is 4.39 Å². The Kier molecular flexibility index (Phi) is 8.19. The van der Waals surface area contributed by atoms with Gasteiger partial charge >= 0.3 is 5.69 Å². The lowest BCUT2D eigenvalue weighted by atomic mass is 9.99. The van der Waals surface area contributed by atoms with Crippen LogP contribution in [0.15, 0.2) is 21.9 Å². The fourth-order valence-corrected chi connectivity index (χ4v) is 5.90. The Balaban J connectivity index is 3.17. The van der Waals surface area contributed by atoms with Crippen molar-refractivity contribution < 1.29 is 19.0 Å². The van der Waals surface area contributed by atoms with Gasteiger partial charge in [-0.1, -0.05) is 27.7 Å². The molecule has 7 nitrogen and oxygen atoms in total. The summed E-state index contributed by atoms with van der Waals surface area (Å²) < 4.78 is 21.5. The average molecular weight is 377 g/mol. The molecule has 1 rings (SSSR count). The van der Waals surface area contributed by atoms with Crippen LogP contribution in [-0.2, 0) is 4.43 Å². The molecule has 0 aliphatic heterocycles. The Hall–Kier alpha value is -1.29. The van der Waals surface area contributed by atoms with Gasteiger partial charge in [0, 0.05) is 18.2 Å². The Morgan fingerprint density at radius 3 is 2.28 bits per heavy atom. The molecule has 0 unspecified atom stereocenters. The minimum Gasteiger partial charge on any atom is -0.410 e. The van der Waals surface area contributed by atoms with E-state index in [9.17, 15) is 24.2 Å². The Bertz CT molecular complexity index is 638. The van der Waals surface area contributed by atoms with Crippen LogP contribution in [0, 0.1) is 5.92 Å². The number of aromatic nitrogens is 2. The lowest BCUT2D eigenvalue weighted by molar-refractivity contribution is -0.0564. The van der Waals surface area contributed by atoms with Gasteiger partial charge in [-0.15, -0.1) is 0 Å². The smallest absolute Gasteiger partial charge is 0.330 e. The van der Waals surface area contributed by atoms with E-state index in [1.165, 1.54) is 0 Å². The van der Waals surface area contributed by atoms with Crippen LogP contribution in [0.5, 0.6) is 0 Å². The zero-order valence-electron chi connectivity index (χ0n) is 15.2. The van der Waals surface area contributed by atoms with E-state index in [2.05, 4.69) is 4.98 Å². The third-order valence-corrected chi connectivity index (χ3v) is 9.61. The van der Waals surface area contributed by atoms with Crippen molar-refractivity contribution in [3.63, 3.8) is 0 Å². The van der Waals surface area contributed by atoms with Crippen molar-refractivity contribution in [3.05, 3.63) is 33.1 Å². The van der Waals surface area contributed by atoms with Crippen molar-refractivity contribution in [1.82, 2.24) is 9.55 Å². The lowest BCUT2D eigenvalue weighted by Crippen LogP contribution is -2.49. The van der Waals surface area contributed by atoms with Gasteiger partial charge in [0.05, 0.1) is 12.7 Å². The molecule has 0 aliphatic carbocycles. The van der Waals surface area contributed by atoms with E-state index in [-0.39, 0.29) is 0 Å². The van der Waals surface area contributed by atoms with E-state index in [4.69, 9.17) is 4.43 Å². The van der Waals surface area contributed by atoms with E-state index in [1.54, 1.807) is 6.92 Å². The van der Waals surface area contributed by atoms with Gasteiger partial charge in [-0.25, -0.2) is 9.18 Å². The Morgan fingerprint density at radius 1 is 1.28 bits per heavy atom.